The number of carbonyl (C=O) groups is 1. The van der Waals surface area contributed by atoms with Crippen LogP contribution in [0.2, 0.25) is 5.02 Å². The maximum Gasteiger partial charge on any atom is 0.321 e. The van der Waals surface area contributed by atoms with Crippen molar-refractivity contribution >= 4 is 23.3 Å². The minimum Gasteiger partial charge on any atom is -0.495 e. The Kier molecular flexibility index (Phi) is 5.82. The molecular weight excluding hydrogens is 336 g/mol. The lowest BCUT2D eigenvalue weighted by atomic mass is 9.90. The molecule has 1 fully saturated rings. The minimum absolute atomic E-state index is 0.0984. The lowest BCUT2D eigenvalue weighted by Gasteiger charge is -2.32. The standard InChI is InChI=1S/C20H23ClN2O2/c1-25-19-8-7-17(21)14-18(19)22-20(24)23-11-9-16(10-12-23)13-15-5-3-2-4-6-15/h2-8,14,16H,9-13H2,1H3,(H,22,24). The summed E-state index contributed by atoms with van der Waals surface area (Å²) in [7, 11) is 1.58. The Hall–Kier alpha value is -2.20. The van der Waals surface area contributed by atoms with Crippen LogP contribution in [0.1, 0.15) is 18.4 Å². The van der Waals surface area contributed by atoms with Gasteiger partial charge in [0.25, 0.3) is 0 Å². The van der Waals surface area contributed by atoms with Gasteiger partial charge in [0.05, 0.1) is 12.8 Å². The van der Waals surface area contributed by atoms with Crippen LogP contribution in [0.5, 0.6) is 5.75 Å². The van der Waals surface area contributed by atoms with Gasteiger partial charge < -0.3 is 15.0 Å². The van der Waals surface area contributed by atoms with E-state index in [1.165, 1.54) is 5.56 Å². The second-order valence-electron chi connectivity index (χ2n) is 6.39. The van der Waals surface area contributed by atoms with Crippen LogP contribution >= 0.6 is 11.6 Å². The van der Waals surface area contributed by atoms with E-state index in [9.17, 15) is 4.79 Å². The van der Waals surface area contributed by atoms with E-state index in [0.29, 0.717) is 22.4 Å². The van der Waals surface area contributed by atoms with Crippen molar-refractivity contribution in [1.82, 2.24) is 4.90 Å². The first kappa shape index (κ1) is 17.6. The molecule has 0 atom stereocenters. The number of likely N-dealkylation sites (tertiary alicyclic amines) is 1. The molecule has 25 heavy (non-hydrogen) atoms. The second-order valence-corrected chi connectivity index (χ2v) is 6.83. The highest BCUT2D eigenvalue weighted by atomic mass is 35.5. The minimum atomic E-state index is -0.0984. The smallest absolute Gasteiger partial charge is 0.321 e. The summed E-state index contributed by atoms with van der Waals surface area (Å²) in [6.07, 6.45) is 3.13. The molecule has 2 aromatic rings. The molecule has 0 aromatic heterocycles. The monoisotopic (exact) mass is 358 g/mol. The fraction of sp³-hybridized carbons (Fsp3) is 0.350. The predicted molar refractivity (Wildman–Crippen MR) is 101 cm³/mol. The van der Waals surface area contributed by atoms with Crippen molar-refractivity contribution in [2.75, 3.05) is 25.5 Å². The molecule has 1 aliphatic rings. The molecule has 1 heterocycles. The van der Waals surface area contributed by atoms with E-state index >= 15 is 0 Å². The van der Waals surface area contributed by atoms with Crippen LogP contribution in [0.3, 0.4) is 0 Å². The summed E-state index contributed by atoms with van der Waals surface area (Å²) >= 11 is 6.02. The van der Waals surface area contributed by atoms with E-state index in [1.54, 1.807) is 25.3 Å². The molecule has 3 rings (SSSR count). The van der Waals surface area contributed by atoms with E-state index in [2.05, 4.69) is 29.6 Å². The van der Waals surface area contributed by atoms with E-state index in [0.717, 1.165) is 32.4 Å². The van der Waals surface area contributed by atoms with E-state index in [1.807, 2.05) is 11.0 Å². The van der Waals surface area contributed by atoms with Crippen LogP contribution in [0, 0.1) is 5.92 Å². The van der Waals surface area contributed by atoms with Gasteiger partial charge in [0, 0.05) is 18.1 Å². The zero-order chi connectivity index (χ0) is 17.6. The fourth-order valence-electron chi connectivity index (χ4n) is 3.26. The van der Waals surface area contributed by atoms with E-state index < -0.39 is 0 Å². The number of amides is 2. The molecule has 0 bridgehead atoms. The average Bonchev–Trinajstić information content (AvgIpc) is 2.63. The molecule has 2 aromatic carbocycles. The van der Waals surface area contributed by atoms with E-state index in [4.69, 9.17) is 16.3 Å². The molecule has 0 saturated carbocycles. The van der Waals surface area contributed by atoms with Gasteiger partial charge in [0.2, 0.25) is 0 Å². The lowest BCUT2D eigenvalue weighted by Crippen LogP contribution is -2.41. The van der Waals surface area contributed by atoms with Gasteiger partial charge in [-0.15, -0.1) is 0 Å². The van der Waals surface area contributed by atoms with Gasteiger partial charge in [-0.2, -0.15) is 0 Å². The summed E-state index contributed by atoms with van der Waals surface area (Å²) in [5.41, 5.74) is 1.97. The van der Waals surface area contributed by atoms with Gasteiger partial charge in [-0.3, -0.25) is 0 Å². The van der Waals surface area contributed by atoms with Crippen molar-refractivity contribution in [2.24, 2.45) is 5.92 Å². The third-order valence-electron chi connectivity index (χ3n) is 4.67. The predicted octanol–water partition coefficient (Wildman–Crippen LogP) is 4.84. The number of carbonyl (C=O) groups excluding carboxylic acids is 1. The van der Waals surface area contributed by atoms with Crippen LogP contribution in [-0.4, -0.2) is 31.1 Å². The number of nitrogens with zero attached hydrogens (tertiary/aromatic N) is 1. The highest BCUT2D eigenvalue weighted by Gasteiger charge is 2.23. The molecule has 1 N–H and O–H groups in total. The topological polar surface area (TPSA) is 41.6 Å². The van der Waals surface area contributed by atoms with Crippen molar-refractivity contribution < 1.29 is 9.53 Å². The Morgan fingerprint density at radius 2 is 1.92 bits per heavy atom. The zero-order valence-electron chi connectivity index (χ0n) is 14.4. The first-order valence-electron chi connectivity index (χ1n) is 8.59. The Balaban J connectivity index is 1.54. The quantitative estimate of drug-likeness (QED) is 0.850. The molecule has 2 amide bonds. The number of ether oxygens (including phenoxy) is 1. The molecule has 4 nitrogen and oxygen atoms in total. The van der Waals surface area contributed by atoms with Crippen LogP contribution in [0.25, 0.3) is 0 Å². The molecule has 0 aliphatic carbocycles. The van der Waals surface area contributed by atoms with Crippen molar-refractivity contribution in [2.45, 2.75) is 19.3 Å². The normalized spacial score (nSPS) is 15.0. The molecule has 1 saturated heterocycles. The molecular formula is C20H23ClN2O2. The molecule has 1 aliphatic heterocycles. The van der Waals surface area contributed by atoms with Gasteiger partial charge in [0.15, 0.2) is 0 Å². The van der Waals surface area contributed by atoms with Gasteiger partial charge in [-0.05, 0) is 48.9 Å². The maximum absolute atomic E-state index is 12.5. The third-order valence-corrected chi connectivity index (χ3v) is 4.91. The summed E-state index contributed by atoms with van der Waals surface area (Å²) in [6, 6.07) is 15.6. The Morgan fingerprint density at radius 1 is 1.20 bits per heavy atom. The highest BCUT2D eigenvalue weighted by molar-refractivity contribution is 6.31. The Morgan fingerprint density at radius 3 is 2.60 bits per heavy atom. The number of anilines is 1. The Labute approximate surface area is 153 Å². The largest absolute Gasteiger partial charge is 0.495 e. The van der Waals surface area contributed by atoms with Gasteiger partial charge in [-0.25, -0.2) is 4.79 Å². The number of methoxy groups -OCH3 is 1. The van der Waals surface area contributed by atoms with Crippen LogP contribution in [0.4, 0.5) is 10.5 Å². The number of hydrogen-bond donors (Lipinski definition) is 1. The summed E-state index contributed by atoms with van der Waals surface area (Å²) in [4.78, 5) is 14.4. The van der Waals surface area contributed by atoms with Crippen molar-refractivity contribution in [3.8, 4) is 5.75 Å². The lowest BCUT2D eigenvalue weighted by molar-refractivity contribution is 0.182. The van der Waals surface area contributed by atoms with Gasteiger partial charge >= 0.3 is 6.03 Å². The summed E-state index contributed by atoms with van der Waals surface area (Å²) in [5, 5.41) is 3.48. The Bertz CT molecular complexity index is 713. The molecule has 0 unspecified atom stereocenters. The molecule has 132 valence electrons. The van der Waals surface area contributed by atoms with E-state index in [-0.39, 0.29) is 6.03 Å². The molecule has 0 spiro atoms. The number of nitrogens with one attached hydrogen (secondary N) is 1. The number of piperidine rings is 1. The molecule has 5 heteroatoms. The average molecular weight is 359 g/mol. The number of hydrogen-bond acceptors (Lipinski definition) is 2. The summed E-state index contributed by atoms with van der Waals surface area (Å²) in [6.45, 7) is 1.54. The second kappa shape index (κ2) is 8.26. The fourth-order valence-corrected chi connectivity index (χ4v) is 3.43. The number of rotatable bonds is 4. The highest BCUT2D eigenvalue weighted by Crippen LogP contribution is 2.28. The van der Waals surface area contributed by atoms with Crippen LogP contribution in [-0.2, 0) is 6.42 Å². The summed E-state index contributed by atoms with van der Waals surface area (Å²) < 4.78 is 5.28. The zero-order valence-corrected chi connectivity index (χ0v) is 15.1. The number of halogens is 1. The third kappa shape index (κ3) is 4.67. The molecule has 0 radical (unpaired) electrons. The SMILES string of the molecule is COc1ccc(Cl)cc1NC(=O)N1CCC(Cc2ccccc2)CC1. The van der Waals surface area contributed by atoms with Crippen LogP contribution < -0.4 is 10.1 Å². The summed E-state index contributed by atoms with van der Waals surface area (Å²) in [5.74, 6) is 1.24. The number of urea groups is 1. The van der Waals surface area contributed by atoms with Crippen molar-refractivity contribution in [3.05, 3.63) is 59.1 Å². The first-order valence-corrected chi connectivity index (χ1v) is 8.97. The maximum atomic E-state index is 12.5. The van der Waals surface area contributed by atoms with Gasteiger partial charge in [0.1, 0.15) is 5.75 Å². The van der Waals surface area contributed by atoms with Crippen molar-refractivity contribution in [3.63, 3.8) is 0 Å². The first-order chi connectivity index (χ1) is 12.2. The van der Waals surface area contributed by atoms with Crippen LogP contribution in [0.15, 0.2) is 48.5 Å². The van der Waals surface area contributed by atoms with Crippen molar-refractivity contribution in [1.29, 1.82) is 0 Å². The number of benzene rings is 2. The van der Waals surface area contributed by atoms with Gasteiger partial charge in [-0.1, -0.05) is 41.9 Å².